The second-order valence-corrected chi connectivity index (χ2v) is 8.54. The quantitative estimate of drug-likeness (QED) is 0.681. The molecule has 1 heterocycles. The zero-order valence-corrected chi connectivity index (χ0v) is 17.2. The summed E-state index contributed by atoms with van der Waals surface area (Å²) in [6.45, 7) is 3.83. The Bertz CT molecular complexity index is 771. The van der Waals surface area contributed by atoms with E-state index in [0.29, 0.717) is 25.0 Å². The van der Waals surface area contributed by atoms with Crippen LogP contribution >= 0.6 is 0 Å². The summed E-state index contributed by atoms with van der Waals surface area (Å²) in [5.74, 6) is 1.80. The monoisotopic (exact) mass is 392 g/mol. The van der Waals surface area contributed by atoms with Gasteiger partial charge in [0.2, 0.25) is 5.91 Å². The van der Waals surface area contributed by atoms with Crippen LogP contribution < -0.4 is 10.1 Å². The van der Waals surface area contributed by atoms with E-state index in [2.05, 4.69) is 46.6 Å². The summed E-state index contributed by atoms with van der Waals surface area (Å²) in [5, 5.41) is 3.11. The molecule has 0 spiro atoms. The van der Waals surface area contributed by atoms with E-state index in [1.165, 1.54) is 36.8 Å². The lowest BCUT2D eigenvalue weighted by Gasteiger charge is -2.32. The van der Waals surface area contributed by atoms with E-state index in [-0.39, 0.29) is 5.91 Å². The van der Waals surface area contributed by atoms with Crippen molar-refractivity contribution in [2.24, 2.45) is 5.92 Å². The Kier molecular flexibility index (Phi) is 6.83. The largest absolute Gasteiger partial charge is 0.489 e. The van der Waals surface area contributed by atoms with Crippen LogP contribution in [0.15, 0.2) is 54.6 Å². The highest BCUT2D eigenvalue weighted by atomic mass is 16.5. The number of hydrogen-bond donors (Lipinski definition) is 1. The Morgan fingerprint density at radius 3 is 2.55 bits per heavy atom. The second kappa shape index (κ2) is 9.93. The van der Waals surface area contributed by atoms with Crippen LogP contribution in [0.5, 0.6) is 5.75 Å². The number of nitrogens with one attached hydrogen (secondary N) is 1. The second-order valence-electron chi connectivity index (χ2n) is 8.54. The molecule has 0 radical (unpaired) electrons. The first-order valence-electron chi connectivity index (χ1n) is 11.0. The number of carbonyl (C=O) groups excluding carboxylic acids is 1. The third kappa shape index (κ3) is 6.60. The van der Waals surface area contributed by atoms with E-state index in [1.54, 1.807) is 0 Å². The fourth-order valence-electron chi connectivity index (χ4n) is 4.08. The summed E-state index contributed by atoms with van der Waals surface area (Å²) in [4.78, 5) is 14.5. The van der Waals surface area contributed by atoms with Gasteiger partial charge >= 0.3 is 0 Å². The molecule has 2 aliphatic rings. The number of likely N-dealkylation sites (tertiary alicyclic amines) is 1. The Morgan fingerprint density at radius 1 is 1.00 bits per heavy atom. The average Bonchev–Trinajstić information content (AvgIpc) is 3.57. The molecule has 2 fully saturated rings. The van der Waals surface area contributed by atoms with Crippen molar-refractivity contribution in [3.05, 3.63) is 65.7 Å². The fraction of sp³-hybridized carbons (Fsp3) is 0.480. The van der Waals surface area contributed by atoms with Crippen LogP contribution in [0.4, 0.5) is 0 Å². The maximum Gasteiger partial charge on any atom is 0.220 e. The number of hydrogen-bond acceptors (Lipinski definition) is 3. The standard InChI is InChI=1S/C25H32N2O2/c28-25(26-23-11-12-23)15-10-20-7-4-16-27(17-20)18-21-8-13-24(14-9-21)29-19-22-5-2-1-3-6-22/h1-3,5-6,8-9,13-14,20,23H,4,7,10-12,15-19H2,(H,26,28). The Hall–Kier alpha value is -2.33. The average molecular weight is 393 g/mol. The van der Waals surface area contributed by atoms with E-state index in [9.17, 15) is 4.79 Å². The first kappa shape index (κ1) is 20.0. The van der Waals surface area contributed by atoms with Gasteiger partial charge in [-0.15, -0.1) is 0 Å². The van der Waals surface area contributed by atoms with Crippen molar-refractivity contribution in [2.45, 2.75) is 57.7 Å². The molecule has 29 heavy (non-hydrogen) atoms. The van der Waals surface area contributed by atoms with E-state index >= 15 is 0 Å². The van der Waals surface area contributed by atoms with Crippen LogP contribution in [0.1, 0.15) is 49.7 Å². The minimum Gasteiger partial charge on any atom is -0.489 e. The highest BCUT2D eigenvalue weighted by molar-refractivity contribution is 5.76. The summed E-state index contributed by atoms with van der Waals surface area (Å²) in [6.07, 6.45) is 6.51. The molecule has 0 bridgehead atoms. The maximum absolute atomic E-state index is 11.9. The van der Waals surface area contributed by atoms with Gasteiger partial charge in [0.15, 0.2) is 0 Å². The first-order chi connectivity index (χ1) is 14.2. The Morgan fingerprint density at radius 2 is 1.79 bits per heavy atom. The summed E-state index contributed by atoms with van der Waals surface area (Å²) in [6, 6.07) is 19.2. The van der Waals surface area contributed by atoms with Gasteiger partial charge in [0.25, 0.3) is 0 Å². The van der Waals surface area contributed by atoms with Gasteiger partial charge in [-0.2, -0.15) is 0 Å². The van der Waals surface area contributed by atoms with Gasteiger partial charge in [0, 0.05) is 25.6 Å². The van der Waals surface area contributed by atoms with Crippen LogP contribution in [0.2, 0.25) is 0 Å². The highest BCUT2D eigenvalue weighted by Gasteiger charge is 2.24. The van der Waals surface area contributed by atoms with Crippen molar-refractivity contribution >= 4 is 5.91 Å². The van der Waals surface area contributed by atoms with Crippen LogP contribution in [0.25, 0.3) is 0 Å². The summed E-state index contributed by atoms with van der Waals surface area (Å²) >= 11 is 0. The van der Waals surface area contributed by atoms with Gasteiger partial charge in [-0.05, 0) is 67.8 Å². The summed E-state index contributed by atoms with van der Waals surface area (Å²) in [5.41, 5.74) is 2.51. The van der Waals surface area contributed by atoms with Crippen LogP contribution in [0, 0.1) is 5.92 Å². The smallest absolute Gasteiger partial charge is 0.220 e. The molecule has 1 N–H and O–H groups in total. The molecule has 4 nitrogen and oxygen atoms in total. The molecular formula is C25H32N2O2. The molecule has 2 aromatic rings. The number of piperidine rings is 1. The van der Waals surface area contributed by atoms with Crippen LogP contribution in [-0.4, -0.2) is 29.9 Å². The molecule has 4 rings (SSSR count). The lowest BCUT2D eigenvalue weighted by atomic mass is 9.93. The molecular weight excluding hydrogens is 360 g/mol. The number of rotatable bonds is 9. The van der Waals surface area contributed by atoms with Gasteiger partial charge in [0.1, 0.15) is 12.4 Å². The molecule has 1 amide bonds. The molecule has 1 atom stereocenters. The molecule has 1 unspecified atom stereocenters. The zero-order valence-electron chi connectivity index (χ0n) is 17.2. The van der Waals surface area contributed by atoms with Crippen molar-refractivity contribution in [3.63, 3.8) is 0 Å². The molecule has 4 heteroatoms. The molecule has 154 valence electrons. The number of benzene rings is 2. The van der Waals surface area contributed by atoms with E-state index in [4.69, 9.17) is 4.74 Å². The van der Waals surface area contributed by atoms with Crippen molar-refractivity contribution in [1.82, 2.24) is 10.2 Å². The minimum absolute atomic E-state index is 0.246. The number of carbonyl (C=O) groups is 1. The molecule has 1 aliphatic carbocycles. The lowest BCUT2D eigenvalue weighted by molar-refractivity contribution is -0.121. The predicted molar refractivity (Wildman–Crippen MR) is 116 cm³/mol. The zero-order chi connectivity index (χ0) is 19.9. The first-order valence-corrected chi connectivity index (χ1v) is 11.0. The predicted octanol–water partition coefficient (Wildman–Crippen LogP) is 4.54. The third-order valence-corrected chi connectivity index (χ3v) is 5.90. The fourth-order valence-corrected chi connectivity index (χ4v) is 4.08. The Balaban J connectivity index is 1.20. The number of ether oxygens (including phenoxy) is 1. The van der Waals surface area contributed by atoms with Crippen molar-refractivity contribution in [3.8, 4) is 5.75 Å². The minimum atomic E-state index is 0.246. The van der Waals surface area contributed by atoms with Gasteiger partial charge in [-0.1, -0.05) is 42.5 Å². The number of amides is 1. The molecule has 1 saturated carbocycles. The van der Waals surface area contributed by atoms with E-state index in [0.717, 1.165) is 31.8 Å². The van der Waals surface area contributed by atoms with Gasteiger partial charge in [-0.3, -0.25) is 9.69 Å². The molecule has 1 saturated heterocycles. The molecule has 0 aromatic heterocycles. The number of nitrogens with zero attached hydrogens (tertiary/aromatic N) is 1. The van der Waals surface area contributed by atoms with Crippen molar-refractivity contribution in [1.29, 1.82) is 0 Å². The molecule has 1 aliphatic heterocycles. The van der Waals surface area contributed by atoms with Gasteiger partial charge in [0.05, 0.1) is 0 Å². The highest BCUT2D eigenvalue weighted by Crippen LogP contribution is 2.24. The Labute approximate surface area is 174 Å². The molecule has 2 aromatic carbocycles. The van der Waals surface area contributed by atoms with Crippen LogP contribution in [0.3, 0.4) is 0 Å². The van der Waals surface area contributed by atoms with Gasteiger partial charge < -0.3 is 10.1 Å². The van der Waals surface area contributed by atoms with Crippen molar-refractivity contribution in [2.75, 3.05) is 13.1 Å². The maximum atomic E-state index is 11.9. The van der Waals surface area contributed by atoms with Gasteiger partial charge in [-0.25, -0.2) is 0 Å². The summed E-state index contributed by atoms with van der Waals surface area (Å²) in [7, 11) is 0. The normalized spacial score (nSPS) is 19.7. The van der Waals surface area contributed by atoms with E-state index in [1.807, 2.05) is 18.2 Å². The van der Waals surface area contributed by atoms with Crippen LogP contribution in [-0.2, 0) is 17.9 Å². The summed E-state index contributed by atoms with van der Waals surface area (Å²) < 4.78 is 5.89. The SMILES string of the molecule is O=C(CCC1CCCN(Cc2ccc(OCc3ccccc3)cc2)C1)NC1CC1. The topological polar surface area (TPSA) is 41.6 Å². The lowest BCUT2D eigenvalue weighted by Crippen LogP contribution is -2.35. The van der Waals surface area contributed by atoms with Crippen molar-refractivity contribution < 1.29 is 9.53 Å². The third-order valence-electron chi connectivity index (χ3n) is 5.90. The van der Waals surface area contributed by atoms with E-state index < -0.39 is 0 Å².